The zero-order valence-corrected chi connectivity index (χ0v) is 17.3. The molecule has 7 heteroatoms. The van der Waals surface area contributed by atoms with Gasteiger partial charge in [0.1, 0.15) is 0 Å². The molecule has 0 radical (unpaired) electrons. The van der Waals surface area contributed by atoms with Gasteiger partial charge < -0.3 is 9.64 Å². The van der Waals surface area contributed by atoms with E-state index in [0.717, 1.165) is 31.7 Å². The first-order chi connectivity index (χ1) is 13.0. The lowest BCUT2D eigenvalue weighted by atomic mass is 9.91. The number of carbonyl (C=O) groups is 1. The molecule has 5 nitrogen and oxygen atoms in total. The molecule has 27 heavy (non-hydrogen) atoms. The summed E-state index contributed by atoms with van der Waals surface area (Å²) in [4.78, 5) is 20.2. The summed E-state index contributed by atoms with van der Waals surface area (Å²) in [5.74, 6) is 0.169. The Morgan fingerprint density at radius 3 is 2.56 bits per heavy atom. The number of amides is 1. The van der Waals surface area contributed by atoms with Gasteiger partial charge in [-0.15, -0.1) is 0 Å². The molecule has 3 atom stereocenters. The number of halogens is 2. The van der Waals surface area contributed by atoms with Crippen LogP contribution >= 0.6 is 23.2 Å². The number of hydrogen-bond acceptors (Lipinski definition) is 4. The Bertz CT molecular complexity index is 696. The summed E-state index contributed by atoms with van der Waals surface area (Å²) in [6.07, 6.45) is 2.83. The Morgan fingerprint density at radius 1 is 1.07 bits per heavy atom. The molecule has 3 fully saturated rings. The standard InChI is InChI=1S/C20H27Cl2N3O2/c1-23-8-9-25(19(26)11-14-4-5-15(21)16(22)10-14)20-17(23)12-27-13-18(20)24-6-2-3-7-24/h4-5,10,17-18,20H,2-3,6-9,11-13H2,1H3. The van der Waals surface area contributed by atoms with Crippen LogP contribution in [0.2, 0.25) is 10.0 Å². The molecule has 0 aliphatic carbocycles. The van der Waals surface area contributed by atoms with Crippen molar-refractivity contribution in [3.63, 3.8) is 0 Å². The fourth-order valence-corrected chi connectivity index (χ4v) is 5.08. The number of hydrogen-bond donors (Lipinski definition) is 0. The zero-order chi connectivity index (χ0) is 19.0. The second kappa shape index (κ2) is 8.26. The topological polar surface area (TPSA) is 36.0 Å². The monoisotopic (exact) mass is 411 g/mol. The predicted octanol–water partition coefficient (Wildman–Crippen LogP) is 2.54. The smallest absolute Gasteiger partial charge is 0.227 e. The van der Waals surface area contributed by atoms with Gasteiger partial charge in [-0.05, 0) is 50.7 Å². The van der Waals surface area contributed by atoms with Crippen LogP contribution in [0.25, 0.3) is 0 Å². The van der Waals surface area contributed by atoms with Crippen molar-refractivity contribution in [3.05, 3.63) is 33.8 Å². The first kappa shape index (κ1) is 19.5. The number of ether oxygens (including phenoxy) is 1. The SMILES string of the molecule is CN1CCN(C(=O)Cc2ccc(Cl)c(Cl)c2)C2C1COCC2N1CCCC1. The highest BCUT2D eigenvalue weighted by molar-refractivity contribution is 6.42. The van der Waals surface area contributed by atoms with Gasteiger partial charge in [-0.25, -0.2) is 0 Å². The molecule has 1 aromatic carbocycles. The predicted molar refractivity (Wildman–Crippen MR) is 107 cm³/mol. The molecular formula is C20H27Cl2N3O2. The lowest BCUT2D eigenvalue weighted by Gasteiger charge is -2.53. The molecule has 3 heterocycles. The third-order valence-corrected chi connectivity index (χ3v) is 6.99. The molecule has 0 aromatic heterocycles. The second-order valence-corrected chi connectivity index (χ2v) is 8.71. The average molecular weight is 412 g/mol. The highest BCUT2D eigenvalue weighted by Gasteiger charge is 2.46. The zero-order valence-electron chi connectivity index (χ0n) is 15.7. The number of piperazine rings is 1. The number of benzene rings is 1. The molecule has 0 bridgehead atoms. The maximum absolute atomic E-state index is 13.3. The van der Waals surface area contributed by atoms with Crippen molar-refractivity contribution in [1.82, 2.24) is 14.7 Å². The Balaban J connectivity index is 1.55. The van der Waals surface area contributed by atoms with Crippen LogP contribution < -0.4 is 0 Å². The van der Waals surface area contributed by atoms with Crippen LogP contribution in [0.1, 0.15) is 18.4 Å². The van der Waals surface area contributed by atoms with E-state index in [1.165, 1.54) is 12.8 Å². The third kappa shape index (κ3) is 3.99. The normalized spacial score (nSPS) is 29.7. The molecule has 0 spiro atoms. The maximum atomic E-state index is 13.3. The summed E-state index contributed by atoms with van der Waals surface area (Å²) in [5, 5.41) is 1.02. The van der Waals surface area contributed by atoms with Crippen molar-refractivity contribution in [2.24, 2.45) is 0 Å². The van der Waals surface area contributed by atoms with Crippen molar-refractivity contribution in [1.29, 1.82) is 0 Å². The van der Waals surface area contributed by atoms with Crippen LogP contribution in [0.4, 0.5) is 0 Å². The van der Waals surface area contributed by atoms with Crippen molar-refractivity contribution in [3.8, 4) is 0 Å². The molecule has 3 unspecified atom stereocenters. The molecule has 0 N–H and O–H groups in total. The van der Waals surface area contributed by atoms with E-state index in [0.29, 0.717) is 29.7 Å². The molecule has 1 amide bonds. The largest absolute Gasteiger partial charge is 0.378 e. The number of rotatable bonds is 3. The maximum Gasteiger partial charge on any atom is 0.227 e. The van der Waals surface area contributed by atoms with Gasteiger partial charge in [0.05, 0.1) is 47.8 Å². The summed E-state index contributed by atoms with van der Waals surface area (Å²) >= 11 is 12.1. The number of carbonyl (C=O) groups excluding carboxylic acids is 1. The van der Waals surface area contributed by atoms with Gasteiger partial charge in [-0.3, -0.25) is 14.6 Å². The molecular weight excluding hydrogens is 385 g/mol. The van der Waals surface area contributed by atoms with Crippen LogP contribution in [-0.4, -0.2) is 85.2 Å². The Hall–Kier alpha value is -0.850. The Labute approximate surface area is 171 Å². The number of likely N-dealkylation sites (N-methyl/N-ethyl adjacent to an activating group) is 1. The fraction of sp³-hybridized carbons (Fsp3) is 0.650. The van der Waals surface area contributed by atoms with Gasteiger partial charge in [0.2, 0.25) is 5.91 Å². The van der Waals surface area contributed by atoms with E-state index >= 15 is 0 Å². The van der Waals surface area contributed by atoms with Gasteiger partial charge in [0.25, 0.3) is 0 Å². The molecule has 4 rings (SSSR count). The van der Waals surface area contributed by atoms with Crippen LogP contribution in [0.3, 0.4) is 0 Å². The van der Waals surface area contributed by atoms with E-state index < -0.39 is 0 Å². The molecule has 3 saturated heterocycles. The van der Waals surface area contributed by atoms with Gasteiger partial charge in [-0.2, -0.15) is 0 Å². The summed E-state index contributed by atoms with van der Waals surface area (Å²) in [6, 6.07) is 6.19. The molecule has 1 aromatic rings. The summed E-state index contributed by atoms with van der Waals surface area (Å²) in [6.45, 7) is 5.27. The number of nitrogens with zero attached hydrogens (tertiary/aromatic N) is 3. The molecule has 0 saturated carbocycles. The van der Waals surface area contributed by atoms with E-state index in [2.05, 4.69) is 21.7 Å². The lowest BCUT2D eigenvalue weighted by Crippen LogP contribution is -2.70. The van der Waals surface area contributed by atoms with Crippen LogP contribution in [0.5, 0.6) is 0 Å². The Morgan fingerprint density at radius 2 is 1.81 bits per heavy atom. The minimum atomic E-state index is 0.169. The van der Waals surface area contributed by atoms with Crippen LogP contribution in [0, 0.1) is 0 Å². The van der Waals surface area contributed by atoms with Crippen molar-refractivity contribution in [2.75, 3.05) is 46.4 Å². The van der Waals surface area contributed by atoms with E-state index in [9.17, 15) is 4.79 Å². The minimum Gasteiger partial charge on any atom is -0.378 e. The molecule has 3 aliphatic rings. The van der Waals surface area contributed by atoms with Gasteiger partial charge in [0.15, 0.2) is 0 Å². The first-order valence-electron chi connectivity index (χ1n) is 9.80. The minimum absolute atomic E-state index is 0.169. The van der Waals surface area contributed by atoms with Crippen molar-refractivity contribution >= 4 is 29.1 Å². The van der Waals surface area contributed by atoms with E-state index in [4.69, 9.17) is 27.9 Å². The fourth-order valence-electron chi connectivity index (χ4n) is 4.76. The molecule has 3 aliphatic heterocycles. The van der Waals surface area contributed by atoms with Crippen molar-refractivity contribution < 1.29 is 9.53 Å². The summed E-state index contributed by atoms with van der Waals surface area (Å²) < 4.78 is 5.96. The van der Waals surface area contributed by atoms with Gasteiger partial charge >= 0.3 is 0 Å². The highest BCUT2D eigenvalue weighted by atomic mass is 35.5. The van der Waals surface area contributed by atoms with Gasteiger partial charge in [0, 0.05) is 13.1 Å². The van der Waals surface area contributed by atoms with Crippen LogP contribution in [-0.2, 0) is 16.0 Å². The summed E-state index contributed by atoms with van der Waals surface area (Å²) in [5.41, 5.74) is 0.912. The molecule has 148 valence electrons. The lowest BCUT2D eigenvalue weighted by molar-refractivity contribution is -0.150. The van der Waals surface area contributed by atoms with E-state index in [1.54, 1.807) is 12.1 Å². The Kier molecular flexibility index (Phi) is 5.95. The second-order valence-electron chi connectivity index (χ2n) is 7.90. The first-order valence-corrected chi connectivity index (χ1v) is 10.6. The number of fused-ring (bicyclic) bond motifs is 1. The summed E-state index contributed by atoms with van der Waals surface area (Å²) in [7, 11) is 2.15. The van der Waals surface area contributed by atoms with Gasteiger partial charge in [-0.1, -0.05) is 29.3 Å². The van der Waals surface area contributed by atoms with E-state index in [1.807, 2.05) is 6.07 Å². The quantitative estimate of drug-likeness (QED) is 0.765. The van der Waals surface area contributed by atoms with Crippen molar-refractivity contribution in [2.45, 2.75) is 37.4 Å². The van der Waals surface area contributed by atoms with Crippen LogP contribution in [0.15, 0.2) is 18.2 Å². The average Bonchev–Trinajstić information content (AvgIpc) is 3.19. The third-order valence-electron chi connectivity index (χ3n) is 6.25. The highest BCUT2D eigenvalue weighted by Crippen LogP contribution is 2.30. The number of likely N-dealkylation sites (tertiary alicyclic amines) is 1. The van der Waals surface area contributed by atoms with E-state index in [-0.39, 0.29) is 24.0 Å².